The van der Waals surface area contributed by atoms with E-state index in [9.17, 15) is 4.21 Å². The second kappa shape index (κ2) is 1.32. The molecule has 0 radical (unpaired) electrons. The third-order valence-corrected chi connectivity index (χ3v) is 2.27. The molecule has 1 atom stereocenters. The molecule has 46 valence electrons. The van der Waals surface area contributed by atoms with E-state index in [2.05, 4.69) is 4.18 Å². The van der Waals surface area contributed by atoms with Gasteiger partial charge >= 0.3 is 11.4 Å². The predicted octanol–water partition coefficient (Wildman–Crippen LogP) is 0.145. The first-order valence-electron chi connectivity index (χ1n) is 2.55. The van der Waals surface area contributed by atoms with E-state index >= 15 is 0 Å². The van der Waals surface area contributed by atoms with Crippen molar-refractivity contribution in [2.75, 3.05) is 6.61 Å². The van der Waals surface area contributed by atoms with Crippen LogP contribution in [0.2, 0.25) is 0 Å². The topological polar surface area (TPSA) is 35.5 Å². The fourth-order valence-electron chi connectivity index (χ4n) is 0.715. The van der Waals surface area contributed by atoms with Crippen LogP contribution >= 0.6 is 0 Å². The molecule has 1 aliphatic heterocycles. The lowest BCUT2D eigenvalue weighted by Gasteiger charge is -1.93. The standard InChI is InChI=1S/C4H6O3S/c5-8-6-3-4(7-8)1-2-4/h1-3H2. The van der Waals surface area contributed by atoms with Crippen molar-refractivity contribution < 1.29 is 12.6 Å². The molecule has 8 heavy (non-hydrogen) atoms. The van der Waals surface area contributed by atoms with Gasteiger partial charge in [0.1, 0.15) is 5.60 Å². The molecule has 1 unspecified atom stereocenters. The third-order valence-electron chi connectivity index (χ3n) is 1.47. The van der Waals surface area contributed by atoms with Gasteiger partial charge in [0.15, 0.2) is 0 Å². The van der Waals surface area contributed by atoms with Gasteiger partial charge in [0, 0.05) is 0 Å². The second-order valence-electron chi connectivity index (χ2n) is 2.23. The van der Waals surface area contributed by atoms with E-state index in [-0.39, 0.29) is 5.60 Å². The minimum absolute atomic E-state index is 0.106. The Kier molecular flexibility index (Phi) is 0.807. The van der Waals surface area contributed by atoms with Crippen molar-refractivity contribution >= 4 is 11.4 Å². The maximum Gasteiger partial charge on any atom is 0.305 e. The highest BCUT2D eigenvalue weighted by Gasteiger charge is 2.51. The largest absolute Gasteiger partial charge is 0.305 e. The van der Waals surface area contributed by atoms with Gasteiger partial charge in [0.25, 0.3) is 0 Å². The molecule has 1 spiro atoms. The molecule has 0 aromatic carbocycles. The van der Waals surface area contributed by atoms with Gasteiger partial charge in [0.2, 0.25) is 0 Å². The summed E-state index contributed by atoms with van der Waals surface area (Å²) in [7, 11) is 0. The van der Waals surface area contributed by atoms with E-state index in [1.54, 1.807) is 0 Å². The summed E-state index contributed by atoms with van der Waals surface area (Å²) in [4.78, 5) is 0. The Labute approximate surface area is 49.8 Å². The molecular weight excluding hydrogens is 128 g/mol. The highest BCUT2D eigenvalue weighted by atomic mass is 32.2. The van der Waals surface area contributed by atoms with Gasteiger partial charge in [-0.05, 0) is 12.8 Å². The Morgan fingerprint density at radius 3 is 2.50 bits per heavy atom. The predicted molar refractivity (Wildman–Crippen MR) is 27.1 cm³/mol. The Morgan fingerprint density at radius 2 is 2.25 bits per heavy atom. The molecule has 2 aliphatic rings. The molecule has 2 rings (SSSR count). The normalized spacial score (nSPS) is 40.8. The minimum atomic E-state index is -1.43. The molecule has 0 N–H and O–H groups in total. The summed E-state index contributed by atoms with van der Waals surface area (Å²) in [6.45, 7) is 0.527. The summed E-state index contributed by atoms with van der Waals surface area (Å²) < 4.78 is 20.0. The van der Waals surface area contributed by atoms with Crippen LogP contribution in [-0.2, 0) is 19.7 Å². The monoisotopic (exact) mass is 134 g/mol. The van der Waals surface area contributed by atoms with Gasteiger partial charge in [-0.2, -0.15) is 4.21 Å². The summed E-state index contributed by atoms with van der Waals surface area (Å²) in [5.41, 5.74) is -0.106. The number of hydrogen-bond donors (Lipinski definition) is 0. The molecule has 1 aliphatic carbocycles. The minimum Gasteiger partial charge on any atom is -0.265 e. The highest BCUT2D eigenvalue weighted by Crippen LogP contribution is 2.44. The molecule has 3 nitrogen and oxygen atoms in total. The van der Waals surface area contributed by atoms with Crippen LogP contribution in [-0.4, -0.2) is 16.4 Å². The van der Waals surface area contributed by atoms with Crippen LogP contribution in [0.15, 0.2) is 0 Å². The molecule has 0 amide bonds. The zero-order valence-electron chi connectivity index (χ0n) is 4.25. The zero-order valence-corrected chi connectivity index (χ0v) is 5.07. The van der Waals surface area contributed by atoms with Gasteiger partial charge in [0.05, 0.1) is 6.61 Å². The van der Waals surface area contributed by atoms with Crippen molar-refractivity contribution in [1.29, 1.82) is 0 Å². The van der Waals surface area contributed by atoms with Crippen LogP contribution in [0, 0.1) is 0 Å². The van der Waals surface area contributed by atoms with Crippen LogP contribution in [0.25, 0.3) is 0 Å². The molecule has 1 saturated heterocycles. The molecule has 0 aromatic heterocycles. The molecule has 4 heteroatoms. The molecule has 1 heterocycles. The smallest absolute Gasteiger partial charge is 0.265 e. The molecule has 0 aromatic rings. The first kappa shape index (κ1) is 4.90. The maximum atomic E-state index is 10.4. The van der Waals surface area contributed by atoms with Gasteiger partial charge in [-0.25, -0.2) is 0 Å². The number of rotatable bonds is 0. The molecular formula is C4H6O3S. The van der Waals surface area contributed by atoms with Crippen LogP contribution in [0.4, 0.5) is 0 Å². The average Bonchev–Trinajstić information content (AvgIpc) is 2.34. The SMILES string of the molecule is O=S1OCC2(CC2)O1. The van der Waals surface area contributed by atoms with Crippen molar-refractivity contribution in [3.05, 3.63) is 0 Å². The van der Waals surface area contributed by atoms with Crippen molar-refractivity contribution in [3.63, 3.8) is 0 Å². The Bertz CT molecular complexity index is 140. The summed E-state index contributed by atoms with van der Waals surface area (Å²) >= 11 is -1.43. The first-order chi connectivity index (χ1) is 3.81. The fourth-order valence-corrected chi connectivity index (χ4v) is 1.58. The van der Waals surface area contributed by atoms with E-state index in [1.807, 2.05) is 0 Å². The van der Waals surface area contributed by atoms with E-state index < -0.39 is 11.4 Å². The first-order valence-corrected chi connectivity index (χ1v) is 3.55. The Balaban J connectivity index is 2.13. The lowest BCUT2D eigenvalue weighted by Crippen LogP contribution is -2.08. The average molecular weight is 134 g/mol. The summed E-state index contributed by atoms with van der Waals surface area (Å²) in [6.07, 6.45) is 2.03. The van der Waals surface area contributed by atoms with Gasteiger partial charge in [-0.3, -0.25) is 8.37 Å². The Hall–Kier alpha value is 0.0700. The summed E-state index contributed by atoms with van der Waals surface area (Å²) in [6, 6.07) is 0. The third kappa shape index (κ3) is 0.604. The lowest BCUT2D eigenvalue weighted by molar-refractivity contribution is 0.217. The molecule has 1 saturated carbocycles. The maximum absolute atomic E-state index is 10.4. The summed E-state index contributed by atoms with van der Waals surface area (Å²) in [5.74, 6) is 0. The van der Waals surface area contributed by atoms with Gasteiger partial charge in [-0.15, -0.1) is 0 Å². The van der Waals surface area contributed by atoms with Crippen molar-refractivity contribution in [2.24, 2.45) is 0 Å². The van der Waals surface area contributed by atoms with Crippen LogP contribution in [0.3, 0.4) is 0 Å². The molecule has 2 fully saturated rings. The van der Waals surface area contributed by atoms with Gasteiger partial charge in [-0.1, -0.05) is 0 Å². The number of hydrogen-bond acceptors (Lipinski definition) is 3. The van der Waals surface area contributed by atoms with Gasteiger partial charge < -0.3 is 0 Å². The van der Waals surface area contributed by atoms with Crippen LogP contribution in [0.1, 0.15) is 12.8 Å². The van der Waals surface area contributed by atoms with Crippen molar-refractivity contribution in [1.82, 2.24) is 0 Å². The fraction of sp³-hybridized carbons (Fsp3) is 1.00. The van der Waals surface area contributed by atoms with Crippen molar-refractivity contribution in [2.45, 2.75) is 18.4 Å². The second-order valence-corrected chi connectivity index (χ2v) is 3.04. The zero-order chi connectivity index (χ0) is 5.61. The lowest BCUT2D eigenvalue weighted by atomic mass is 10.4. The Morgan fingerprint density at radius 1 is 1.50 bits per heavy atom. The van der Waals surface area contributed by atoms with Crippen molar-refractivity contribution in [3.8, 4) is 0 Å². The van der Waals surface area contributed by atoms with E-state index in [0.29, 0.717) is 6.61 Å². The quantitative estimate of drug-likeness (QED) is 0.473. The van der Waals surface area contributed by atoms with E-state index in [0.717, 1.165) is 12.8 Å². The van der Waals surface area contributed by atoms with E-state index in [4.69, 9.17) is 4.18 Å². The highest BCUT2D eigenvalue weighted by molar-refractivity contribution is 7.75. The van der Waals surface area contributed by atoms with E-state index in [1.165, 1.54) is 0 Å². The molecule has 0 bridgehead atoms. The van der Waals surface area contributed by atoms with Crippen LogP contribution < -0.4 is 0 Å². The van der Waals surface area contributed by atoms with Crippen LogP contribution in [0.5, 0.6) is 0 Å². The summed E-state index contributed by atoms with van der Waals surface area (Å²) in [5, 5.41) is 0.